The summed E-state index contributed by atoms with van der Waals surface area (Å²) in [6, 6.07) is 19.1. The molecule has 1 aliphatic carbocycles. The Hall–Kier alpha value is -2.86. The van der Waals surface area contributed by atoms with Crippen LogP contribution in [0.3, 0.4) is 0 Å². The van der Waals surface area contributed by atoms with E-state index >= 15 is 0 Å². The van der Waals surface area contributed by atoms with Crippen LogP contribution in [0.25, 0.3) is 10.9 Å². The Balaban J connectivity index is 1.35. The van der Waals surface area contributed by atoms with Crippen molar-refractivity contribution in [2.24, 2.45) is 0 Å². The highest BCUT2D eigenvalue weighted by Gasteiger charge is 2.23. The molecule has 1 fully saturated rings. The molecule has 1 heterocycles. The average Bonchev–Trinajstić information content (AvgIpc) is 3.50. The minimum atomic E-state index is -0.130. The van der Waals surface area contributed by atoms with Crippen LogP contribution >= 0.6 is 11.8 Å². The van der Waals surface area contributed by atoms with E-state index in [4.69, 9.17) is 0 Å². The van der Waals surface area contributed by atoms with E-state index in [1.165, 1.54) is 11.8 Å². The molecule has 2 N–H and O–H groups in total. The second kappa shape index (κ2) is 7.80. The van der Waals surface area contributed by atoms with Gasteiger partial charge >= 0.3 is 0 Å². The maximum atomic E-state index is 12.3. The zero-order valence-corrected chi connectivity index (χ0v) is 15.5. The molecule has 0 aliphatic heterocycles. The second-order valence-corrected chi connectivity index (χ2v) is 7.50. The average molecular weight is 377 g/mol. The van der Waals surface area contributed by atoms with Crippen LogP contribution in [0, 0.1) is 0 Å². The zero-order valence-electron chi connectivity index (χ0n) is 14.6. The predicted octanol–water partition coefficient (Wildman–Crippen LogP) is 3.86. The second-order valence-electron chi connectivity index (χ2n) is 6.51. The summed E-state index contributed by atoms with van der Waals surface area (Å²) in [6.45, 7) is 0. The van der Waals surface area contributed by atoms with E-state index in [0.717, 1.165) is 28.8 Å². The third-order valence-corrected chi connectivity index (χ3v) is 5.17. The molecule has 0 spiro atoms. The van der Waals surface area contributed by atoms with Gasteiger partial charge in [-0.3, -0.25) is 9.59 Å². The van der Waals surface area contributed by atoms with Crippen LogP contribution in [-0.4, -0.2) is 28.6 Å². The number of nitrogens with zero attached hydrogens (tertiary/aromatic N) is 1. The van der Waals surface area contributed by atoms with E-state index in [1.807, 2.05) is 36.4 Å². The number of anilines is 1. The quantitative estimate of drug-likeness (QED) is 0.640. The minimum absolute atomic E-state index is 0.0941. The van der Waals surface area contributed by atoms with Gasteiger partial charge in [-0.15, -0.1) is 0 Å². The number of pyridine rings is 1. The monoisotopic (exact) mass is 377 g/mol. The number of rotatable bonds is 6. The molecule has 1 aromatic heterocycles. The third kappa shape index (κ3) is 4.65. The highest BCUT2D eigenvalue weighted by atomic mass is 32.2. The minimum Gasteiger partial charge on any atom is -0.349 e. The molecule has 0 radical (unpaired) electrons. The SMILES string of the molecule is O=C(CSc1ccc2ccccc2n1)Nc1cccc(C(=O)NC2CC2)c1. The van der Waals surface area contributed by atoms with Gasteiger partial charge in [-0.1, -0.05) is 42.1 Å². The van der Waals surface area contributed by atoms with Crippen molar-refractivity contribution in [3.8, 4) is 0 Å². The van der Waals surface area contributed by atoms with Gasteiger partial charge in [-0.25, -0.2) is 4.98 Å². The lowest BCUT2D eigenvalue weighted by Crippen LogP contribution is -2.25. The van der Waals surface area contributed by atoms with Crippen LogP contribution in [0.15, 0.2) is 65.7 Å². The molecule has 0 bridgehead atoms. The van der Waals surface area contributed by atoms with Gasteiger partial charge in [0.1, 0.15) is 0 Å². The molecule has 5 nitrogen and oxygen atoms in total. The predicted molar refractivity (Wildman–Crippen MR) is 108 cm³/mol. The summed E-state index contributed by atoms with van der Waals surface area (Å²) in [5, 5.41) is 7.68. The molecule has 27 heavy (non-hydrogen) atoms. The topological polar surface area (TPSA) is 71.1 Å². The first-order valence-electron chi connectivity index (χ1n) is 8.87. The molecule has 0 saturated heterocycles. The highest BCUT2D eigenvalue weighted by molar-refractivity contribution is 7.99. The van der Waals surface area contributed by atoms with Crippen LogP contribution in [-0.2, 0) is 4.79 Å². The lowest BCUT2D eigenvalue weighted by atomic mass is 10.2. The number of fused-ring (bicyclic) bond motifs is 1. The van der Waals surface area contributed by atoms with Crippen LogP contribution in [0.1, 0.15) is 23.2 Å². The lowest BCUT2D eigenvalue weighted by molar-refractivity contribution is -0.113. The molecule has 6 heteroatoms. The standard InChI is InChI=1S/C21H19N3O2S/c25-19(13-27-20-11-8-14-4-1-2-7-18(14)24-20)22-17-6-3-5-15(12-17)21(26)23-16-9-10-16/h1-8,11-12,16H,9-10,13H2,(H,22,25)(H,23,26). The number of carbonyl (C=O) groups excluding carboxylic acids is 2. The van der Waals surface area contributed by atoms with Crippen molar-refractivity contribution >= 4 is 40.2 Å². The number of aromatic nitrogens is 1. The fourth-order valence-corrected chi connectivity index (χ4v) is 3.38. The van der Waals surface area contributed by atoms with Crippen LogP contribution in [0.2, 0.25) is 0 Å². The van der Waals surface area contributed by atoms with Gasteiger partial charge < -0.3 is 10.6 Å². The summed E-state index contributed by atoms with van der Waals surface area (Å²) in [5.41, 5.74) is 2.09. The van der Waals surface area contributed by atoms with Gasteiger partial charge in [0.2, 0.25) is 5.91 Å². The molecule has 0 atom stereocenters. The van der Waals surface area contributed by atoms with Crippen molar-refractivity contribution in [1.29, 1.82) is 0 Å². The molecule has 136 valence electrons. The van der Waals surface area contributed by atoms with Crippen molar-refractivity contribution in [2.45, 2.75) is 23.9 Å². The Morgan fingerprint density at radius 3 is 2.74 bits per heavy atom. The number of thioether (sulfide) groups is 1. The van der Waals surface area contributed by atoms with Gasteiger partial charge in [0.25, 0.3) is 5.91 Å². The zero-order chi connectivity index (χ0) is 18.6. The first-order chi connectivity index (χ1) is 13.2. The van der Waals surface area contributed by atoms with Crippen molar-refractivity contribution in [3.05, 3.63) is 66.2 Å². The maximum Gasteiger partial charge on any atom is 0.251 e. The molecule has 2 amide bonds. The number of hydrogen-bond acceptors (Lipinski definition) is 4. The van der Waals surface area contributed by atoms with Crippen LogP contribution in [0.4, 0.5) is 5.69 Å². The van der Waals surface area contributed by atoms with Gasteiger partial charge in [0.05, 0.1) is 16.3 Å². The Kier molecular flexibility index (Phi) is 5.07. The lowest BCUT2D eigenvalue weighted by Gasteiger charge is -2.08. The summed E-state index contributed by atoms with van der Waals surface area (Å²) in [7, 11) is 0. The molecular formula is C21H19N3O2S. The first-order valence-corrected chi connectivity index (χ1v) is 9.85. The summed E-state index contributed by atoms with van der Waals surface area (Å²) >= 11 is 1.39. The van der Waals surface area contributed by atoms with E-state index in [9.17, 15) is 9.59 Å². The van der Waals surface area contributed by atoms with Gasteiger partial charge in [-0.05, 0) is 43.2 Å². The molecule has 2 aromatic carbocycles. The summed E-state index contributed by atoms with van der Waals surface area (Å²) in [4.78, 5) is 28.9. The highest BCUT2D eigenvalue weighted by Crippen LogP contribution is 2.21. The molecule has 3 aromatic rings. The summed E-state index contributed by atoms with van der Waals surface area (Å²) in [6.07, 6.45) is 2.09. The van der Waals surface area contributed by atoms with Crippen molar-refractivity contribution in [1.82, 2.24) is 10.3 Å². The molecular weight excluding hydrogens is 358 g/mol. The fraction of sp³-hybridized carbons (Fsp3) is 0.190. The molecule has 1 aliphatic rings. The fourth-order valence-electron chi connectivity index (χ4n) is 2.70. The smallest absolute Gasteiger partial charge is 0.251 e. The van der Waals surface area contributed by atoms with Gasteiger partial charge in [-0.2, -0.15) is 0 Å². The number of carbonyl (C=O) groups is 2. The van der Waals surface area contributed by atoms with Crippen LogP contribution in [0.5, 0.6) is 0 Å². The maximum absolute atomic E-state index is 12.3. The van der Waals surface area contributed by atoms with Gasteiger partial charge in [0, 0.05) is 22.7 Å². The molecule has 0 unspecified atom stereocenters. The first kappa shape index (κ1) is 17.5. The Labute approximate surface area is 161 Å². The molecule has 4 rings (SSSR count). The van der Waals surface area contributed by atoms with Crippen molar-refractivity contribution in [3.63, 3.8) is 0 Å². The van der Waals surface area contributed by atoms with Crippen LogP contribution < -0.4 is 10.6 Å². The van der Waals surface area contributed by atoms with E-state index < -0.39 is 0 Å². The largest absolute Gasteiger partial charge is 0.349 e. The number of amides is 2. The number of nitrogens with one attached hydrogen (secondary N) is 2. The number of hydrogen-bond donors (Lipinski definition) is 2. The van der Waals surface area contributed by atoms with Crippen molar-refractivity contribution in [2.75, 3.05) is 11.1 Å². The molecule has 1 saturated carbocycles. The normalized spacial score (nSPS) is 13.3. The Morgan fingerprint density at radius 2 is 1.89 bits per heavy atom. The van der Waals surface area contributed by atoms with Crippen molar-refractivity contribution < 1.29 is 9.59 Å². The van der Waals surface area contributed by atoms with E-state index in [-0.39, 0.29) is 17.6 Å². The Bertz CT molecular complexity index is 1000. The Morgan fingerprint density at radius 1 is 1.04 bits per heavy atom. The van der Waals surface area contributed by atoms with E-state index in [2.05, 4.69) is 15.6 Å². The van der Waals surface area contributed by atoms with E-state index in [0.29, 0.717) is 17.3 Å². The van der Waals surface area contributed by atoms with E-state index in [1.54, 1.807) is 24.3 Å². The third-order valence-electron chi connectivity index (χ3n) is 4.25. The number of benzene rings is 2. The summed E-state index contributed by atoms with van der Waals surface area (Å²) < 4.78 is 0. The van der Waals surface area contributed by atoms with Gasteiger partial charge in [0.15, 0.2) is 0 Å². The number of para-hydroxylation sites is 1. The summed E-state index contributed by atoms with van der Waals surface area (Å²) in [5.74, 6) is 0.0298.